The van der Waals surface area contributed by atoms with Gasteiger partial charge in [0, 0.05) is 29.6 Å². The van der Waals surface area contributed by atoms with Crippen LogP contribution >= 0.6 is 7.82 Å². The summed E-state index contributed by atoms with van der Waals surface area (Å²) in [5, 5.41) is 0. The average molecular weight is 174 g/mol. The summed E-state index contributed by atoms with van der Waals surface area (Å²) in [5.41, 5.74) is 0. The van der Waals surface area contributed by atoms with Crippen molar-refractivity contribution < 1.29 is 36.3 Å². The van der Waals surface area contributed by atoms with Crippen LogP contribution in [0.3, 0.4) is 0 Å². The largest absolute Gasteiger partial charge is 3.00 e. The Labute approximate surface area is 73.3 Å². The number of rotatable bonds is 0. The van der Waals surface area contributed by atoms with Crippen molar-refractivity contribution in [3.63, 3.8) is 0 Å². The van der Waals surface area contributed by atoms with Gasteiger partial charge in [-0.15, -0.1) is 0 Å². The summed E-state index contributed by atoms with van der Waals surface area (Å²) in [6, 6.07) is 0. The Morgan fingerprint density at radius 3 is 1.14 bits per heavy atom. The Bertz CT molecular complexity index is 57.8. The van der Waals surface area contributed by atoms with Crippen LogP contribution in [0.4, 0.5) is 0 Å². The molecule has 4 nitrogen and oxygen atoms in total. The Morgan fingerprint density at radius 1 is 1.14 bits per heavy atom. The zero-order valence-corrected chi connectivity index (χ0v) is 7.43. The first kappa shape index (κ1) is 15.9. The Kier molecular flexibility index (Phi) is 13.0. The first-order chi connectivity index (χ1) is 2.00. The minimum atomic E-state index is -5.39. The molecule has 0 spiro atoms. The van der Waals surface area contributed by atoms with Gasteiger partial charge in [0.2, 0.25) is 0 Å². The van der Waals surface area contributed by atoms with Gasteiger partial charge < -0.3 is 19.2 Å². The van der Waals surface area contributed by atoms with Crippen molar-refractivity contribution in [3.8, 4) is 0 Å². The molecule has 7 heteroatoms. The molecular formula is FeNaO4P. The van der Waals surface area contributed by atoms with Crippen LogP contribution in [0.5, 0.6) is 0 Å². The molecule has 0 atom stereocenters. The SMILES string of the molecule is O=P([O-])([O-])[O-].[Fe+3].[Na]. The molecule has 0 saturated heterocycles. The van der Waals surface area contributed by atoms with Gasteiger partial charge in [-0.25, -0.2) is 0 Å². The fourth-order valence-corrected chi connectivity index (χ4v) is 0. The zero-order valence-electron chi connectivity index (χ0n) is 3.43. The quantitative estimate of drug-likeness (QED) is 0.285. The molecule has 0 saturated carbocycles. The molecule has 0 heterocycles. The first-order valence-corrected chi connectivity index (χ1v) is 2.19. The summed E-state index contributed by atoms with van der Waals surface area (Å²) in [6.07, 6.45) is 0. The standard InChI is InChI=1S/Fe.Na.H3O4P/c;;1-5(2,3)4/h;;(H3,1,2,3,4)/q+3;;/p-3. The molecule has 0 unspecified atom stereocenters. The average Bonchev–Trinajstić information content (AvgIpc) is 0.722. The molecule has 2 radical (unpaired) electrons. The van der Waals surface area contributed by atoms with E-state index in [1.807, 2.05) is 0 Å². The molecule has 0 aromatic carbocycles. The van der Waals surface area contributed by atoms with Crippen molar-refractivity contribution in [1.29, 1.82) is 0 Å². The summed E-state index contributed by atoms with van der Waals surface area (Å²) >= 11 is 0. The van der Waals surface area contributed by atoms with E-state index in [1.54, 1.807) is 0 Å². The van der Waals surface area contributed by atoms with E-state index in [1.165, 1.54) is 0 Å². The third-order valence-corrected chi connectivity index (χ3v) is 0. The van der Waals surface area contributed by atoms with E-state index in [-0.39, 0.29) is 46.6 Å². The molecule has 0 aliphatic rings. The van der Waals surface area contributed by atoms with E-state index >= 15 is 0 Å². The molecule has 0 aliphatic heterocycles. The minimum Gasteiger partial charge on any atom is -0.822 e. The zero-order chi connectivity index (χ0) is 4.50. The predicted molar refractivity (Wildman–Crippen MR) is 13.4 cm³/mol. The molecular weight excluding hydrogens is 174 g/mol. The minimum absolute atomic E-state index is 0. The van der Waals surface area contributed by atoms with E-state index in [4.69, 9.17) is 19.2 Å². The summed E-state index contributed by atoms with van der Waals surface area (Å²) in [6.45, 7) is 0. The number of hydrogen-bond donors (Lipinski definition) is 0. The molecule has 0 aromatic rings. The third kappa shape index (κ3) is 91.1. The Hall–Kier alpha value is 1.63. The maximum atomic E-state index is 8.55. The molecule has 0 amide bonds. The first-order valence-electron chi connectivity index (χ1n) is 0.730. The second-order valence-electron chi connectivity index (χ2n) is 0.447. The van der Waals surface area contributed by atoms with Crippen LogP contribution in [0.15, 0.2) is 0 Å². The van der Waals surface area contributed by atoms with Crippen molar-refractivity contribution >= 4 is 37.4 Å². The maximum Gasteiger partial charge on any atom is 3.00 e. The normalized spacial score (nSPS) is 8.43. The second kappa shape index (κ2) is 5.76. The van der Waals surface area contributed by atoms with Crippen LogP contribution in [0.1, 0.15) is 0 Å². The summed E-state index contributed by atoms with van der Waals surface area (Å²) < 4.78 is 8.55. The van der Waals surface area contributed by atoms with E-state index in [9.17, 15) is 0 Å². The van der Waals surface area contributed by atoms with Gasteiger partial charge in [-0.3, -0.25) is 0 Å². The van der Waals surface area contributed by atoms with Gasteiger partial charge in [0.1, 0.15) is 0 Å². The molecule has 38 valence electrons. The fourth-order valence-electron chi connectivity index (χ4n) is 0. The van der Waals surface area contributed by atoms with Crippen LogP contribution in [-0.4, -0.2) is 29.6 Å². The van der Waals surface area contributed by atoms with Gasteiger partial charge in [-0.1, -0.05) is 0 Å². The number of hydrogen-bond acceptors (Lipinski definition) is 4. The van der Waals surface area contributed by atoms with Gasteiger partial charge in [0.25, 0.3) is 0 Å². The van der Waals surface area contributed by atoms with E-state index in [2.05, 4.69) is 0 Å². The van der Waals surface area contributed by atoms with Crippen LogP contribution < -0.4 is 14.7 Å². The molecule has 0 N–H and O–H groups in total. The Balaban J connectivity index is -0.0000000800. The smallest absolute Gasteiger partial charge is 0.822 e. The summed E-state index contributed by atoms with van der Waals surface area (Å²) in [5.74, 6) is 0. The fraction of sp³-hybridized carbons (Fsp3) is 0. The predicted octanol–water partition coefficient (Wildman–Crippen LogP) is -3.21. The van der Waals surface area contributed by atoms with Crippen molar-refractivity contribution in [1.82, 2.24) is 0 Å². The van der Waals surface area contributed by atoms with E-state index in [0.717, 1.165) is 0 Å². The summed E-state index contributed by atoms with van der Waals surface area (Å²) in [7, 11) is -5.39. The van der Waals surface area contributed by atoms with Crippen molar-refractivity contribution in [2.24, 2.45) is 0 Å². The molecule has 0 fully saturated rings. The van der Waals surface area contributed by atoms with Crippen LogP contribution in [0, 0.1) is 0 Å². The second-order valence-corrected chi connectivity index (χ2v) is 1.34. The van der Waals surface area contributed by atoms with Crippen LogP contribution in [0.2, 0.25) is 0 Å². The van der Waals surface area contributed by atoms with Gasteiger partial charge >= 0.3 is 17.1 Å². The van der Waals surface area contributed by atoms with Crippen molar-refractivity contribution in [2.45, 2.75) is 0 Å². The van der Waals surface area contributed by atoms with Crippen LogP contribution in [0.25, 0.3) is 0 Å². The van der Waals surface area contributed by atoms with Crippen LogP contribution in [-0.2, 0) is 21.6 Å². The van der Waals surface area contributed by atoms with Gasteiger partial charge in [-0.05, 0) is 0 Å². The molecule has 7 heavy (non-hydrogen) atoms. The Morgan fingerprint density at radius 2 is 1.14 bits per heavy atom. The maximum absolute atomic E-state index is 8.55. The summed E-state index contributed by atoms with van der Waals surface area (Å²) in [4.78, 5) is 25.6. The molecule has 0 rings (SSSR count). The van der Waals surface area contributed by atoms with Crippen molar-refractivity contribution in [2.75, 3.05) is 0 Å². The van der Waals surface area contributed by atoms with Crippen molar-refractivity contribution in [3.05, 3.63) is 0 Å². The van der Waals surface area contributed by atoms with Gasteiger partial charge in [0.15, 0.2) is 0 Å². The molecule has 0 bridgehead atoms. The monoisotopic (exact) mass is 174 g/mol. The van der Waals surface area contributed by atoms with E-state index < -0.39 is 7.82 Å². The topological polar surface area (TPSA) is 86.2 Å². The van der Waals surface area contributed by atoms with Gasteiger partial charge in [-0.2, -0.15) is 7.82 Å². The third-order valence-electron chi connectivity index (χ3n) is 0. The van der Waals surface area contributed by atoms with E-state index in [0.29, 0.717) is 0 Å². The van der Waals surface area contributed by atoms with Gasteiger partial charge in [0.05, 0.1) is 0 Å². The molecule has 0 aliphatic carbocycles. The molecule has 0 aromatic heterocycles. The number of phosphoric acid groups is 1.